The molecule has 130 valence electrons. The van der Waals surface area contributed by atoms with E-state index in [1.54, 1.807) is 24.5 Å². The van der Waals surface area contributed by atoms with E-state index in [4.69, 9.17) is 0 Å². The van der Waals surface area contributed by atoms with Crippen LogP contribution >= 0.6 is 0 Å². The van der Waals surface area contributed by atoms with Gasteiger partial charge in [-0.3, -0.25) is 14.6 Å². The van der Waals surface area contributed by atoms with Crippen molar-refractivity contribution in [3.05, 3.63) is 77.4 Å². The van der Waals surface area contributed by atoms with E-state index in [1.165, 1.54) is 18.3 Å². The lowest BCUT2D eigenvalue weighted by Gasteiger charge is -2.06. The van der Waals surface area contributed by atoms with Crippen molar-refractivity contribution in [1.82, 2.24) is 15.0 Å². The Balaban J connectivity index is 1.65. The number of amides is 2. The quantitative estimate of drug-likeness (QED) is 0.756. The normalized spacial score (nSPS) is 10.2. The smallest absolute Gasteiger partial charge is 0.275 e. The summed E-state index contributed by atoms with van der Waals surface area (Å²) in [5.74, 6) is 0.150. The summed E-state index contributed by atoms with van der Waals surface area (Å²) in [6.45, 7) is 3.83. The molecule has 3 aromatic rings. The molecule has 7 nitrogen and oxygen atoms in total. The average molecular weight is 347 g/mol. The van der Waals surface area contributed by atoms with Crippen LogP contribution in [0.2, 0.25) is 0 Å². The van der Waals surface area contributed by atoms with E-state index < -0.39 is 5.91 Å². The van der Waals surface area contributed by atoms with Gasteiger partial charge in [0.25, 0.3) is 11.8 Å². The van der Waals surface area contributed by atoms with Crippen LogP contribution < -0.4 is 10.6 Å². The van der Waals surface area contributed by atoms with Gasteiger partial charge in [0.1, 0.15) is 17.3 Å². The van der Waals surface area contributed by atoms with Crippen LogP contribution in [0.5, 0.6) is 0 Å². The third kappa shape index (κ3) is 4.27. The molecule has 0 saturated carbocycles. The highest BCUT2D eigenvalue weighted by molar-refractivity contribution is 6.05. The highest BCUT2D eigenvalue weighted by Crippen LogP contribution is 2.09. The van der Waals surface area contributed by atoms with Crippen molar-refractivity contribution in [3.63, 3.8) is 0 Å². The SMILES string of the molecule is Cc1ccc(NC(=O)c2ccc(C(=O)Nc3ccc(C)cn3)nc2)nc1. The minimum absolute atomic E-state index is 0.192. The van der Waals surface area contributed by atoms with Crippen LogP contribution in [0.4, 0.5) is 11.6 Å². The summed E-state index contributed by atoms with van der Waals surface area (Å²) in [4.78, 5) is 36.7. The summed E-state index contributed by atoms with van der Waals surface area (Å²) < 4.78 is 0. The first-order chi connectivity index (χ1) is 12.5. The zero-order chi connectivity index (χ0) is 18.5. The summed E-state index contributed by atoms with van der Waals surface area (Å²) in [7, 11) is 0. The topological polar surface area (TPSA) is 96.9 Å². The van der Waals surface area contributed by atoms with Gasteiger partial charge in [0.15, 0.2) is 0 Å². The van der Waals surface area contributed by atoms with Crippen LogP contribution in [-0.4, -0.2) is 26.8 Å². The van der Waals surface area contributed by atoms with Gasteiger partial charge in [-0.25, -0.2) is 9.97 Å². The number of hydrogen-bond acceptors (Lipinski definition) is 5. The van der Waals surface area contributed by atoms with E-state index in [9.17, 15) is 9.59 Å². The molecule has 0 aromatic carbocycles. The molecule has 2 N–H and O–H groups in total. The van der Waals surface area contributed by atoms with E-state index in [1.807, 2.05) is 26.0 Å². The van der Waals surface area contributed by atoms with Crippen LogP contribution in [-0.2, 0) is 0 Å². The number of carbonyl (C=O) groups excluding carboxylic acids is 2. The molecule has 0 bridgehead atoms. The van der Waals surface area contributed by atoms with E-state index in [2.05, 4.69) is 25.6 Å². The molecular formula is C19H17N5O2. The maximum Gasteiger partial charge on any atom is 0.275 e. The van der Waals surface area contributed by atoms with E-state index in [0.717, 1.165) is 11.1 Å². The Morgan fingerprint density at radius 3 is 1.73 bits per heavy atom. The van der Waals surface area contributed by atoms with Crippen molar-refractivity contribution in [1.29, 1.82) is 0 Å². The summed E-state index contributed by atoms with van der Waals surface area (Å²) >= 11 is 0. The fourth-order valence-corrected chi connectivity index (χ4v) is 2.11. The molecule has 3 heterocycles. The van der Waals surface area contributed by atoms with Gasteiger partial charge in [0.2, 0.25) is 0 Å². The number of pyridine rings is 3. The molecule has 3 rings (SSSR count). The third-order valence-electron chi connectivity index (χ3n) is 3.56. The number of rotatable bonds is 4. The first-order valence-electron chi connectivity index (χ1n) is 7.95. The first-order valence-corrected chi connectivity index (χ1v) is 7.95. The van der Waals surface area contributed by atoms with Gasteiger partial charge < -0.3 is 10.6 Å². The Kier molecular flexibility index (Phi) is 4.98. The number of nitrogens with zero attached hydrogens (tertiary/aromatic N) is 3. The van der Waals surface area contributed by atoms with E-state index in [0.29, 0.717) is 17.2 Å². The molecule has 0 unspecified atom stereocenters. The number of anilines is 2. The van der Waals surface area contributed by atoms with Gasteiger partial charge in [0, 0.05) is 18.6 Å². The molecule has 0 aliphatic rings. The van der Waals surface area contributed by atoms with Gasteiger partial charge in [-0.1, -0.05) is 12.1 Å². The lowest BCUT2D eigenvalue weighted by molar-refractivity contribution is 0.101. The number of hydrogen-bond donors (Lipinski definition) is 2. The Hall–Kier alpha value is -3.61. The molecule has 0 aliphatic carbocycles. The monoisotopic (exact) mass is 347 g/mol. The van der Waals surface area contributed by atoms with Crippen molar-refractivity contribution >= 4 is 23.5 Å². The van der Waals surface area contributed by atoms with Crippen LogP contribution in [0.1, 0.15) is 32.0 Å². The fraction of sp³-hybridized carbons (Fsp3) is 0.105. The second-order valence-electron chi connectivity index (χ2n) is 5.78. The summed E-state index contributed by atoms with van der Waals surface area (Å²) in [5.41, 5.74) is 2.53. The van der Waals surface area contributed by atoms with Crippen molar-refractivity contribution in [2.24, 2.45) is 0 Å². The standard InChI is InChI=1S/C19H17N5O2/c1-12-3-7-16(21-9-12)23-18(25)14-5-6-15(20-11-14)19(26)24-17-8-4-13(2)10-22-17/h3-11H,1-2H3,(H,21,23,25)(H,22,24,26). The maximum absolute atomic E-state index is 12.2. The molecule has 0 atom stereocenters. The van der Waals surface area contributed by atoms with Crippen molar-refractivity contribution in [3.8, 4) is 0 Å². The van der Waals surface area contributed by atoms with Crippen molar-refractivity contribution < 1.29 is 9.59 Å². The van der Waals surface area contributed by atoms with Crippen molar-refractivity contribution in [2.45, 2.75) is 13.8 Å². The molecule has 3 aromatic heterocycles. The first kappa shape index (κ1) is 17.2. The Morgan fingerprint density at radius 2 is 1.27 bits per heavy atom. The lowest BCUT2D eigenvalue weighted by atomic mass is 10.2. The Morgan fingerprint density at radius 1 is 0.692 bits per heavy atom. The number of aromatic nitrogens is 3. The number of nitrogens with one attached hydrogen (secondary N) is 2. The number of aryl methyl sites for hydroxylation is 2. The predicted octanol–water partition coefficient (Wildman–Crippen LogP) is 2.99. The highest BCUT2D eigenvalue weighted by Gasteiger charge is 2.11. The van der Waals surface area contributed by atoms with Gasteiger partial charge in [-0.15, -0.1) is 0 Å². The molecule has 0 fully saturated rings. The van der Waals surface area contributed by atoms with Gasteiger partial charge >= 0.3 is 0 Å². The predicted molar refractivity (Wildman–Crippen MR) is 98.1 cm³/mol. The minimum Gasteiger partial charge on any atom is -0.307 e. The molecule has 0 spiro atoms. The van der Waals surface area contributed by atoms with Crippen molar-refractivity contribution in [2.75, 3.05) is 10.6 Å². The molecule has 2 amide bonds. The van der Waals surface area contributed by atoms with Gasteiger partial charge in [0.05, 0.1) is 5.56 Å². The lowest BCUT2D eigenvalue weighted by Crippen LogP contribution is -2.17. The fourth-order valence-electron chi connectivity index (χ4n) is 2.11. The number of carbonyl (C=O) groups is 2. The molecule has 0 radical (unpaired) electrons. The summed E-state index contributed by atoms with van der Waals surface area (Å²) in [6, 6.07) is 10.2. The van der Waals surface area contributed by atoms with E-state index >= 15 is 0 Å². The van der Waals surface area contributed by atoms with Gasteiger partial charge in [-0.2, -0.15) is 0 Å². The second-order valence-corrected chi connectivity index (χ2v) is 5.78. The zero-order valence-corrected chi connectivity index (χ0v) is 14.4. The molecule has 7 heteroatoms. The molecule has 26 heavy (non-hydrogen) atoms. The zero-order valence-electron chi connectivity index (χ0n) is 14.4. The molecule has 0 aliphatic heterocycles. The second kappa shape index (κ2) is 7.52. The van der Waals surface area contributed by atoms with Crippen LogP contribution in [0, 0.1) is 13.8 Å². The van der Waals surface area contributed by atoms with Crippen LogP contribution in [0.25, 0.3) is 0 Å². The molecule has 0 saturated heterocycles. The average Bonchev–Trinajstić information content (AvgIpc) is 2.65. The summed E-state index contributed by atoms with van der Waals surface area (Å²) in [6.07, 6.45) is 4.68. The maximum atomic E-state index is 12.2. The van der Waals surface area contributed by atoms with E-state index in [-0.39, 0.29) is 11.6 Å². The Bertz CT molecular complexity index is 841. The molecular weight excluding hydrogens is 330 g/mol. The largest absolute Gasteiger partial charge is 0.307 e. The van der Waals surface area contributed by atoms with Crippen LogP contribution in [0.15, 0.2) is 55.0 Å². The Labute approximate surface area is 150 Å². The van der Waals surface area contributed by atoms with Gasteiger partial charge in [-0.05, 0) is 49.2 Å². The third-order valence-corrected chi connectivity index (χ3v) is 3.56. The minimum atomic E-state index is -0.395. The highest BCUT2D eigenvalue weighted by atomic mass is 16.2. The summed E-state index contributed by atoms with van der Waals surface area (Å²) in [5, 5.41) is 5.33. The van der Waals surface area contributed by atoms with Crippen LogP contribution in [0.3, 0.4) is 0 Å².